The summed E-state index contributed by atoms with van der Waals surface area (Å²) in [7, 11) is 3.16. The number of hydrogen-bond acceptors (Lipinski definition) is 4. The van der Waals surface area contributed by atoms with Gasteiger partial charge in [0.15, 0.2) is 0 Å². The Morgan fingerprint density at radius 2 is 2.00 bits per heavy atom. The van der Waals surface area contributed by atoms with E-state index in [2.05, 4.69) is 10.0 Å². The number of hydroxylamine groups is 2. The Morgan fingerprint density at radius 1 is 1.50 bits per heavy atom. The van der Waals surface area contributed by atoms with Crippen LogP contribution in [0.15, 0.2) is 0 Å². The van der Waals surface area contributed by atoms with Gasteiger partial charge in [-0.2, -0.15) is 5.06 Å². The lowest BCUT2D eigenvalue weighted by Gasteiger charge is -2.00. The van der Waals surface area contributed by atoms with Gasteiger partial charge in [0.2, 0.25) is 0 Å². The summed E-state index contributed by atoms with van der Waals surface area (Å²) in [6.45, 7) is 0. The molecule has 0 heterocycles. The minimum absolute atomic E-state index is 1.21. The van der Waals surface area contributed by atoms with Crippen molar-refractivity contribution in [2.24, 2.45) is 0 Å². The van der Waals surface area contributed by atoms with Crippen LogP contribution < -0.4 is 0 Å². The van der Waals surface area contributed by atoms with Crippen LogP contribution in [0, 0.1) is 0 Å². The maximum Gasteiger partial charge on any atom is 0.0154 e. The molecule has 4 heteroatoms. The van der Waals surface area contributed by atoms with Crippen LogP contribution in [0.25, 0.3) is 0 Å². The van der Waals surface area contributed by atoms with Crippen LogP contribution in [0.5, 0.6) is 0 Å². The second-order valence-corrected chi connectivity index (χ2v) is 0.961. The van der Waals surface area contributed by atoms with Crippen LogP contribution in [0.2, 0.25) is 0 Å². The molecule has 0 saturated heterocycles. The summed E-state index contributed by atoms with van der Waals surface area (Å²) < 4.78 is 0. The third-order valence-corrected chi connectivity index (χ3v) is 0.182. The number of hydrogen-bond donors (Lipinski definition) is 1. The lowest BCUT2D eigenvalue weighted by Crippen LogP contribution is -2.10. The SMILES string of the molecule is CN(C)OOO. The summed E-state index contributed by atoms with van der Waals surface area (Å²) in [5, 5.41) is 11.9. The summed E-state index contributed by atoms with van der Waals surface area (Å²) in [4.78, 5) is 3.93. The molecule has 0 aromatic rings. The van der Waals surface area contributed by atoms with Crippen LogP contribution in [0.4, 0.5) is 0 Å². The first-order valence-corrected chi connectivity index (χ1v) is 1.43. The molecule has 0 saturated carbocycles. The Kier molecular flexibility index (Phi) is 2.97. The van der Waals surface area contributed by atoms with E-state index in [1.165, 1.54) is 5.06 Å². The maximum atomic E-state index is 7.47. The van der Waals surface area contributed by atoms with Crippen molar-refractivity contribution >= 4 is 0 Å². The van der Waals surface area contributed by atoms with Gasteiger partial charge in [-0.15, -0.1) is 4.99 Å². The Labute approximate surface area is 35.7 Å². The standard InChI is InChI=1S/C2H7NO3/c1-3(2)5-6-4/h4H,1-2H3. The summed E-state index contributed by atoms with van der Waals surface area (Å²) in [6.07, 6.45) is 0. The molecule has 0 aliphatic rings. The zero-order valence-corrected chi connectivity index (χ0v) is 3.71. The van der Waals surface area contributed by atoms with E-state index < -0.39 is 0 Å². The van der Waals surface area contributed by atoms with Gasteiger partial charge in [0, 0.05) is 14.1 Å². The monoisotopic (exact) mass is 93.0 g/mol. The van der Waals surface area contributed by atoms with Crippen LogP contribution in [-0.4, -0.2) is 24.4 Å². The molecule has 1 N–H and O–H groups in total. The van der Waals surface area contributed by atoms with Gasteiger partial charge in [0.1, 0.15) is 0 Å². The maximum absolute atomic E-state index is 7.47. The summed E-state index contributed by atoms with van der Waals surface area (Å²) >= 11 is 0. The van der Waals surface area contributed by atoms with Crippen molar-refractivity contribution in [1.82, 2.24) is 5.06 Å². The Morgan fingerprint density at radius 3 is 2.00 bits per heavy atom. The van der Waals surface area contributed by atoms with Gasteiger partial charge >= 0.3 is 0 Å². The number of nitrogens with zero attached hydrogens (tertiary/aromatic N) is 1. The predicted molar refractivity (Wildman–Crippen MR) is 18.5 cm³/mol. The fraction of sp³-hybridized carbons (Fsp3) is 1.00. The molecule has 0 aliphatic carbocycles. The Bertz CT molecular complexity index is 30.0. The number of rotatable bonds is 2. The van der Waals surface area contributed by atoms with Crippen LogP contribution in [-0.2, 0) is 10.0 Å². The first-order valence-electron chi connectivity index (χ1n) is 1.43. The predicted octanol–water partition coefficient (Wildman–Crippen LogP) is -0.116. The quantitative estimate of drug-likeness (QED) is 0.382. The molecule has 38 valence electrons. The highest BCUT2D eigenvalue weighted by atomic mass is 17.5. The van der Waals surface area contributed by atoms with Crippen molar-refractivity contribution in [2.75, 3.05) is 14.1 Å². The fourth-order valence-corrected chi connectivity index (χ4v) is 0.0667. The molecule has 0 aromatic heterocycles. The van der Waals surface area contributed by atoms with E-state index in [9.17, 15) is 0 Å². The first-order chi connectivity index (χ1) is 2.77. The highest BCUT2D eigenvalue weighted by Gasteiger charge is 1.81. The lowest BCUT2D eigenvalue weighted by molar-refractivity contribution is -0.558. The molecule has 0 amide bonds. The van der Waals surface area contributed by atoms with Crippen molar-refractivity contribution in [1.29, 1.82) is 0 Å². The summed E-state index contributed by atoms with van der Waals surface area (Å²) in [5.41, 5.74) is 0. The second-order valence-electron chi connectivity index (χ2n) is 0.961. The largest absolute Gasteiger partial charge is 0.220 e. The molecule has 0 atom stereocenters. The van der Waals surface area contributed by atoms with Crippen LogP contribution in [0.1, 0.15) is 0 Å². The smallest absolute Gasteiger partial charge is 0.0154 e. The van der Waals surface area contributed by atoms with Gasteiger partial charge in [-0.05, 0) is 0 Å². The van der Waals surface area contributed by atoms with Crippen molar-refractivity contribution in [3.05, 3.63) is 0 Å². The van der Waals surface area contributed by atoms with Crippen molar-refractivity contribution in [2.45, 2.75) is 0 Å². The Balaban J connectivity index is 2.63. The second kappa shape index (κ2) is 3.05. The molecule has 0 aromatic carbocycles. The first kappa shape index (κ1) is 5.84. The molecule has 0 aliphatic heterocycles. The topological polar surface area (TPSA) is 41.9 Å². The molecule has 4 nitrogen and oxygen atoms in total. The fourth-order valence-electron chi connectivity index (χ4n) is 0.0667. The highest BCUT2D eigenvalue weighted by molar-refractivity contribution is 3.94. The van der Waals surface area contributed by atoms with E-state index in [4.69, 9.17) is 5.26 Å². The van der Waals surface area contributed by atoms with E-state index in [-0.39, 0.29) is 0 Å². The molecular formula is C2H7NO3. The average molecular weight is 93.1 g/mol. The zero-order chi connectivity index (χ0) is 4.99. The van der Waals surface area contributed by atoms with Gasteiger partial charge in [0.05, 0.1) is 0 Å². The molecule has 0 rings (SSSR count). The van der Waals surface area contributed by atoms with Gasteiger partial charge in [-0.3, -0.25) is 0 Å². The molecule has 0 radical (unpaired) electrons. The molecule has 0 spiro atoms. The van der Waals surface area contributed by atoms with Crippen LogP contribution >= 0.6 is 0 Å². The Hall–Kier alpha value is -0.160. The van der Waals surface area contributed by atoms with E-state index in [1.807, 2.05) is 0 Å². The molecular weight excluding hydrogens is 86.0 g/mol. The molecule has 6 heavy (non-hydrogen) atoms. The lowest BCUT2D eigenvalue weighted by atomic mass is 11.2. The van der Waals surface area contributed by atoms with E-state index in [0.29, 0.717) is 0 Å². The van der Waals surface area contributed by atoms with Crippen molar-refractivity contribution in [3.63, 3.8) is 0 Å². The van der Waals surface area contributed by atoms with Crippen molar-refractivity contribution in [3.8, 4) is 0 Å². The minimum atomic E-state index is 1.21. The normalized spacial score (nSPS) is 10.0. The van der Waals surface area contributed by atoms with Gasteiger partial charge in [-0.25, -0.2) is 5.26 Å². The van der Waals surface area contributed by atoms with E-state index >= 15 is 0 Å². The van der Waals surface area contributed by atoms with Crippen LogP contribution in [0.3, 0.4) is 0 Å². The third-order valence-electron chi connectivity index (χ3n) is 0.182. The van der Waals surface area contributed by atoms with Gasteiger partial charge in [0.25, 0.3) is 0 Å². The minimum Gasteiger partial charge on any atom is -0.220 e. The molecule has 0 fully saturated rings. The summed E-state index contributed by atoms with van der Waals surface area (Å²) in [5.74, 6) is 0. The summed E-state index contributed by atoms with van der Waals surface area (Å²) in [6, 6.07) is 0. The highest BCUT2D eigenvalue weighted by Crippen LogP contribution is 1.72. The van der Waals surface area contributed by atoms with E-state index in [0.717, 1.165) is 0 Å². The average Bonchev–Trinajstić information content (AvgIpc) is 1.35. The van der Waals surface area contributed by atoms with Crippen molar-refractivity contribution < 1.29 is 15.3 Å². The van der Waals surface area contributed by atoms with Gasteiger partial charge < -0.3 is 0 Å². The molecule has 0 bridgehead atoms. The van der Waals surface area contributed by atoms with Gasteiger partial charge in [-0.1, -0.05) is 5.04 Å². The zero-order valence-electron chi connectivity index (χ0n) is 3.71. The third kappa shape index (κ3) is 3.84. The molecule has 0 unspecified atom stereocenters. The van der Waals surface area contributed by atoms with E-state index in [1.54, 1.807) is 14.1 Å².